The lowest BCUT2D eigenvalue weighted by atomic mass is 10.1. The molecule has 0 amide bonds. The van der Waals surface area contributed by atoms with E-state index in [0.29, 0.717) is 16.9 Å². The van der Waals surface area contributed by atoms with E-state index in [9.17, 15) is 14.9 Å². The SMILES string of the molecule is Cc1c(Nc2cccnc2)cc(C(=O)O)cc1[N+](=O)[O-]. The van der Waals surface area contributed by atoms with Crippen LogP contribution in [0.4, 0.5) is 17.1 Å². The van der Waals surface area contributed by atoms with Crippen molar-refractivity contribution in [3.8, 4) is 0 Å². The number of anilines is 2. The number of aromatic nitrogens is 1. The van der Waals surface area contributed by atoms with E-state index in [1.807, 2.05) is 0 Å². The number of nitro groups is 1. The molecule has 7 heteroatoms. The molecular weight excluding hydrogens is 262 g/mol. The summed E-state index contributed by atoms with van der Waals surface area (Å²) in [6.45, 7) is 1.56. The van der Waals surface area contributed by atoms with Gasteiger partial charge in [-0.15, -0.1) is 0 Å². The Bertz CT molecular complexity index is 671. The van der Waals surface area contributed by atoms with Crippen molar-refractivity contribution in [3.05, 3.63) is 57.9 Å². The number of nitro benzene ring substituents is 1. The van der Waals surface area contributed by atoms with Gasteiger partial charge in [-0.1, -0.05) is 0 Å². The van der Waals surface area contributed by atoms with Gasteiger partial charge in [0.2, 0.25) is 0 Å². The Balaban J connectivity index is 2.51. The number of benzene rings is 1. The quantitative estimate of drug-likeness (QED) is 0.655. The summed E-state index contributed by atoms with van der Waals surface area (Å²) in [6.07, 6.45) is 3.13. The van der Waals surface area contributed by atoms with Gasteiger partial charge in [0.25, 0.3) is 5.69 Å². The highest BCUT2D eigenvalue weighted by Crippen LogP contribution is 2.29. The zero-order valence-corrected chi connectivity index (χ0v) is 10.5. The molecule has 1 aromatic carbocycles. The standard InChI is InChI=1S/C13H11N3O4/c1-8-11(15-10-3-2-4-14-7-10)5-9(13(17)18)6-12(8)16(19)20/h2-7,15H,1H3,(H,17,18). The van der Waals surface area contributed by atoms with Crippen LogP contribution in [0, 0.1) is 17.0 Å². The van der Waals surface area contributed by atoms with Gasteiger partial charge in [-0.3, -0.25) is 15.1 Å². The number of rotatable bonds is 4. The van der Waals surface area contributed by atoms with Gasteiger partial charge in [-0.2, -0.15) is 0 Å². The zero-order chi connectivity index (χ0) is 14.7. The molecule has 0 spiro atoms. The maximum Gasteiger partial charge on any atom is 0.336 e. The Morgan fingerprint density at radius 3 is 2.75 bits per heavy atom. The average Bonchev–Trinajstić information content (AvgIpc) is 2.41. The summed E-state index contributed by atoms with van der Waals surface area (Å²) in [6, 6.07) is 5.84. The molecule has 1 heterocycles. The monoisotopic (exact) mass is 273 g/mol. The summed E-state index contributed by atoms with van der Waals surface area (Å²) in [7, 11) is 0. The highest BCUT2D eigenvalue weighted by Gasteiger charge is 2.19. The number of carboxylic acids is 1. The molecule has 0 unspecified atom stereocenters. The highest BCUT2D eigenvalue weighted by atomic mass is 16.6. The molecule has 0 saturated carbocycles. The Hall–Kier alpha value is -2.96. The van der Waals surface area contributed by atoms with Gasteiger partial charge in [0, 0.05) is 18.0 Å². The smallest absolute Gasteiger partial charge is 0.336 e. The van der Waals surface area contributed by atoms with Gasteiger partial charge in [-0.25, -0.2) is 4.79 Å². The molecule has 20 heavy (non-hydrogen) atoms. The third-order valence-corrected chi connectivity index (χ3v) is 2.76. The first-order valence-corrected chi connectivity index (χ1v) is 5.68. The van der Waals surface area contributed by atoms with Crippen molar-refractivity contribution < 1.29 is 14.8 Å². The van der Waals surface area contributed by atoms with Crippen LogP contribution >= 0.6 is 0 Å². The molecule has 0 aliphatic rings. The second kappa shape index (κ2) is 5.35. The van der Waals surface area contributed by atoms with Gasteiger partial charge in [0.15, 0.2) is 0 Å². The van der Waals surface area contributed by atoms with Gasteiger partial charge in [-0.05, 0) is 25.1 Å². The van der Waals surface area contributed by atoms with E-state index in [4.69, 9.17) is 5.11 Å². The number of hydrogen-bond acceptors (Lipinski definition) is 5. The second-order valence-electron chi connectivity index (χ2n) is 4.10. The van der Waals surface area contributed by atoms with Crippen molar-refractivity contribution in [3.63, 3.8) is 0 Å². The normalized spacial score (nSPS) is 10.1. The van der Waals surface area contributed by atoms with Crippen LogP contribution in [0.2, 0.25) is 0 Å². The van der Waals surface area contributed by atoms with Crippen LogP contribution in [0.25, 0.3) is 0 Å². The number of pyridine rings is 1. The van der Waals surface area contributed by atoms with Crippen molar-refractivity contribution in [1.29, 1.82) is 0 Å². The molecule has 102 valence electrons. The number of aromatic carboxylic acids is 1. The van der Waals surface area contributed by atoms with Crippen molar-refractivity contribution in [2.75, 3.05) is 5.32 Å². The summed E-state index contributed by atoms with van der Waals surface area (Å²) in [5.74, 6) is -1.22. The fraction of sp³-hybridized carbons (Fsp3) is 0.0769. The maximum absolute atomic E-state index is 11.0. The summed E-state index contributed by atoms with van der Waals surface area (Å²) < 4.78 is 0. The predicted octanol–water partition coefficient (Wildman–Crippen LogP) is 2.74. The molecule has 0 aliphatic heterocycles. The van der Waals surface area contributed by atoms with Crippen molar-refractivity contribution >= 4 is 23.0 Å². The number of carbonyl (C=O) groups is 1. The highest BCUT2D eigenvalue weighted by molar-refractivity contribution is 5.91. The van der Waals surface area contributed by atoms with Crippen molar-refractivity contribution in [2.24, 2.45) is 0 Å². The average molecular weight is 273 g/mol. The largest absolute Gasteiger partial charge is 0.478 e. The molecule has 0 saturated heterocycles. The molecule has 2 rings (SSSR count). The van der Waals surface area contributed by atoms with E-state index in [1.54, 1.807) is 31.5 Å². The van der Waals surface area contributed by atoms with Crippen LogP contribution in [-0.4, -0.2) is 21.0 Å². The van der Waals surface area contributed by atoms with E-state index in [1.165, 1.54) is 6.07 Å². The van der Waals surface area contributed by atoms with E-state index >= 15 is 0 Å². The van der Waals surface area contributed by atoms with Gasteiger partial charge in [0.05, 0.1) is 27.9 Å². The first-order valence-electron chi connectivity index (χ1n) is 5.68. The van der Waals surface area contributed by atoms with E-state index in [-0.39, 0.29) is 11.3 Å². The first-order chi connectivity index (χ1) is 9.49. The molecule has 0 fully saturated rings. The third-order valence-electron chi connectivity index (χ3n) is 2.76. The Morgan fingerprint density at radius 1 is 1.45 bits per heavy atom. The lowest BCUT2D eigenvalue weighted by molar-refractivity contribution is -0.385. The Labute approximate surface area is 114 Å². The minimum Gasteiger partial charge on any atom is -0.478 e. The van der Waals surface area contributed by atoms with Gasteiger partial charge >= 0.3 is 5.97 Å². The predicted molar refractivity (Wildman–Crippen MR) is 72.3 cm³/mol. The van der Waals surface area contributed by atoms with Crippen molar-refractivity contribution in [2.45, 2.75) is 6.92 Å². The summed E-state index contributed by atoms with van der Waals surface area (Å²) in [5.41, 5.74) is 0.964. The maximum atomic E-state index is 11.0. The fourth-order valence-electron chi connectivity index (χ4n) is 1.73. The number of nitrogens with one attached hydrogen (secondary N) is 1. The molecule has 1 aromatic heterocycles. The zero-order valence-electron chi connectivity index (χ0n) is 10.5. The third kappa shape index (κ3) is 2.72. The second-order valence-corrected chi connectivity index (χ2v) is 4.10. The summed E-state index contributed by atoms with van der Waals surface area (Å²) in [5, 5.41) is 22.9. The van der Waals surface area contributed by atoms with Crippen LogP contribution in [0.15, 0.2) is 36.7 Å². The lowest BCUT2D eigenvalue weighted by Gasteiger charge is -2.10. The Morgan fingerprint density at radius 2 is 2.20 bits per heavy atom. The van der Waals surface area contributed by atoms with Crippen LogP contribution in [0.5, 0.6) is 0 Å². The van der Waals surface area contributed by atoms with Crippen LogP contribution in [-0.2, 0) is 0 Å². The van der Waals surface area contributed by atoms with E-state index in [2.05, 4.69) is 10.3 Å². The first kappa shape index (κ1) is 13.5. The molecule has 0 bridgehead atoms. The summed E-state index contributed by atoms with van der Waals surface area (Å²) in [4.78, 5) is 25.3. The fourth-order valence-corrected chi connectivity index (χ4v) is 1.73. The topological polar surface area (TPSA) is 105 Å². The number of nitrogens with zero attached hydrogens (tertiary/aromatic N) is 2. The van der Waals surface area contributed by atoms with Gasteiger partial charge < -0.3 is 10.4 Å². The number of hydrogen-bond donors (Lipinski definition) is 2. The molecular formula is C13H11N3O4. The van der Waals surface area contributed by atoms with Crippen LogP contribution < -0.4 is 5.32 Å². The van der Waals surface area contributed by atoms with Gasteiger partial charge in [0.1, 0.15) is 0 Å². The Kier molecular flexibility index (Phi) is 3.60. The molecule has 0 atom stereocenters. The minimum absolute atomic E-state index is 0.145. The lowest BCUT2D eigenvalue weighted by Crippen LogP contribution is -2.03. The molecule has 7 nitrogen and oxygen atoms in total. The van der Waals surface area contributed by atoms with Crippen molar-refractivity contribution in [1.82, 2.24) is 4.98 Å². The van der Waals surface area contributed by atoms with Crippen LogP contribution in [0.3, 0.4) is 0 Å². The van der Waals surface area contributed by atoms with Crippen LogP contribution in [0.1, 0.15) is 15.9 Å². The summed E-state index contributed by atoms with van der Waals surface area (Å²) >= 11 is 0. The molecule has 2 aromatic rings. The van der Waals surface area contributed by atoms with E-state index < -0.39 is 10.9 Å². The minimum atomic E-state index is -1.22. The van der Waals surface area contributed by atoms with E-state index in [0.717, 1.165) is 6.07 Å². The molecule has 0 aliphatic carbocycles. The number of carboxylic acid groups (broad SMARTS) is 1. The molecule has 0 radical (unpaired) electrons. The molecule has 2 N–H and O–H groups in total.